The van der Waals surface area contributed by atoms with Gasteiger partial charge >= 0.3 is 0 Å². The Kier molecular flexibility index (Phi) is 4.26. The summed E-state index contributed by atoms with van der Waals surface area (Å²) in [5, 5.41) is 0. The van der Waals surface area contributed by atoms with E-state index in [1.165, 1.54) is 10.6 Å². The zero-order chi connectivity index (χ0) is 10.2. The molecule has 0 aromatic carbocycles. The fourth-order valence-electron chi connectivity index (χ4n) is 1.64. The van der Waals surface area contributed by atoms with Crippen molar-refractivity contribution >= 4 is 15.8 Å². The molecule has 0 atom stereocenters. The van der Waals surface area contributed by atoms with Gasteiger partial charge in [0.25, 0.3) is 0 Å². The smallest absolute Gasteiger partial charge is 0.223 e. The van der Waals surface area contributed by atoms with Gasteiger partial charge in [-0.15, -0.1) is 5.56 Å². The topological polar surface area (TPSA) is 50.3 Å². The van der Waals surface area contributed by atoms with Crippen LogP contribution in [0.25, 0.3) is 0 Å². The summed E-state index contributed by atoms with van der Waals surface area (Å²) in [6.45, 7) is 0.524. The Labute approximate surface area is 115 Å². The Morgan fingerprint density at radius 3 is 2.93 bits per heavy atom. The van der Waals surface area contributed by atoms with Crippen LogP contribution >= 0.6 is 0 Å². The van der Waals surface area contributed by atoms with Crippen molar-refractivity contribution in [2.24, 2.45) is 0 Å². The van der Waals surface area contributed by atoms with E-state index in [2.05, 4.69) is 11.2 Å². The number of pyridine rings is 1. The maximum absolute atomic E-state index is 11.4. The van der Waals surface area contributed by atoms with Gasteiger partial charge in [-0.1, -0.05) is 6.20 Å². The van der Waals surface area contributed by atoms with Crippen molar-refractivity contribution < 1.29 is 41.1 Å². The molecule has 4 nitrogen and oxygen atoms in total. The zero-order valence-electron chi connectivity index (χ0n) is 8.47. The molecule has 2 rings (SSSR count). The average Bonchev–Trinajstić information content (AvgIpc) is 2.15. The predicted octanol–water partition coefficient (Wildman–Crippen LogP) is 0.591. The zero-order valence-corrected chi connectivity index (χ0v) is 12.1. The average molecular weight is 300 g/mol. The molecule has 1 aliphatic heterocycles. The van der Waals surface area contributed by atoms with E-state index in [-0.39, 0.29) is 32.7 Å². The number of sulfonamides is 1. The molecule has 0 aliphatic carbocycles. The number of hydrogen-bond acceptors (Lipinski definition) is 3. The van der Waals surface area contributed by atoms with Gasteiger partial charge in [0.15, 0.2) is 0 Å². The summed E-state index contributed by atoms with van der Waals surface area (Å²) in [5.41, 5.74) is 0.987. The fraction of sp³-hybridized carbons (Fsp3) is 0.444. The quantitative estimate of drug-likeness (QED) is 0.713. The molecule has 0 spiro atoms. The number of aromatic nitrogens is 1. The second-order valence-electron chi connectivity index (χ2n) is 3.36. The SMILES string of the molecule is CS(=O)(=O)N1CCCc2cc[c-]nc21.[Y]. The third kappa shape index (κ3) is 2.77. The van der Waals surface area contributed by atoms with Crippen LogP contribution in [-0.4, -0.2) is 26.2 Å². The minimum absolute atomic E-state index is 0. The molecule has 1 aromatic rings. The first-order valence-corrected chi connectivity index (χ1v) is 6.27. The summed E-state index contributed by atoms with van der Waals surface area (Å²) in [6.07, 6.45) is 5.62. The molecular formula is C9H11N2O2SY-. The van der Waals surface area contributed by atoms with Crippen LogP contribution < -0.4 is 4.31 Å². The molecule has 0 saturated carbocycles. The molecule has 0 amide bonds. The van der Waals surface area contributed by atoms with Crippen LogP contribution in [0.15, 0.2) is 12.1 Å². The van der Waals surface area contributed by atoms with Crippen molar-refractivity contribution in [2.45, 2.75) is 12.8 Å². The largest absolute Gasteiger partial charge is 0.370 e. The molecule has 79 valence electrons. The van der Waals surface area contributed by atoms with Gasteiger partial charge in [0.05, 0.1) is 6.26 Å². The molecule has 15 heavy (non-hydrogen) atoms. The van der Waals surface area contributed by atoms with E-state index in [0.29, 0.717) is 12.4 Å². The number of hydrogen-bond donors (Lipinski definition) is 0. The van der Waals surface area contributed by atoms with Gasteiger partial charge in [0, 0.05) is 45.1 Å². The summed E-state index contributed by atoms with van der Waals surface area (Å²) in [7, 11) is -3.19. The summed E-state index contributed by atoms with van der Waals surface area (Å²) < 4.78 is 24.2. The normalized spacial score (nSPS) is 15.4. The maximum Gasteiger partial charge on any atom is 0.223 e. The molecule has 1 radical (unpaired) electrons. The Morgan fingerprint density at radius 1 is 1.53 bits per heavy atom. The van der Waals surface area contributed by atoms with Crippen molar-refractivity contribution in [3.05, 3.63) is 23.9 Å². The number of rotatable bonds is 1. The van der Waals surface area contributed by atoms with E-state index in [9.17, 15) is 8.42 Å². The van der Waals surface area contributed by atoms with Crippen molar-refractivity contribution in [3.63, 3.8) is 0 Å². The van der Waals surface area contributed by atoms with Gasteiger partial charge in [-0.3, -0.25) is 0 Å². The second-order valence-corrected chi connectivity index (χ2v) is 5.27. The van der Waals surface area contributed by atoms with Crippen molar-refractivity contribution in [2.75, 3.05) is 17.1 Å². The number of anilines is 1. The van der Waals surface area contributed by atoms with Gasteiger partial charge in [-0.25, -0.2) is 8.42 Å². The third-order valence-electron chi connectivity index (χ3n) is 2.26. The summed E-state index contributed by atoms with van der Waals surface area (Å²) in [5.74, 6) is 0.543. The molecule has 0 unspecified atom stereocenters. The van der Waals surface area contributed by atoms with E-state index >= 15 is 0 Å². The van der Waals surface area contributed by atoms with Crippen LogP contribution in [0.2, 0.25) is 0 Å². The first-order chi connectivity index (χ1) is 6.59. The molecule has 1 aliphatic rings. The van der Waals surface area contributed by atoms with Gasteiger partial charge in [0.2, 0.25) is 10.0 Å². The van der Waals surface area contributed by atoms with Crippen molar-refractivity contribution in [1.82, 2.24) is 4.98 Å². The molecule has 2 heterocycles. The Bertz CT molecular complexity index is 447. The second kappa shape index (κ2) is 4.89. The monoisotopic (exact) mass is 300 g/mol. The van der Waals surface area contributed by atoms with E-state index < -0.39 is 10.0 Å². The number of nitrogens with zero attached hydrogens (tertiary/aromatic N) is 2. The summed E-state index contributed by atoms with van der Waals surface area (Å²) in [6, 6.07) is 3.59. The van der Waals surface area contributed by atoms with Gasteiger partial charge < -0.3 is 9.29 Å². The molecule has 6 heteroatoms. The van der Waals surface area contributed by atoms with Gasteiger partial charge in [0.1, 0.15) is 0 Å². The first kappa shape index (κ1) is 13.1. The van der Waals surface area contributed by atoms with Gasteiger partial charge in [-0.05, 0) is 12.8 Å². The van der Waals surface area contributed by atoms with Crippen LogP contribution in [0, 0.1) is 6.20 Å². The fourth-order valence-corrected chi connectivity index (χ4v) is 2.57. The Morgan fingerprint density at radius 2 is 2.27 bits per heavy atom. The van der Waals surface area contributed by atoms with Crippen LogP contribution in [0.1, 0.15) is 12.0 Å². The van der Waals surface area contributed by atoms with Crippen LogP contribution in [0.3, 0.4) is 0 Å². The van der Waals surface area contributed by atoms with Crippen LogP contribution in [0.4, 0.5) is 5.82 Å². The minimum Gasteiger partial charge on any atom is -0.370 e. The molecule has 1 aromatic heterocycles. The molecule has 0 N–H and O–H groups in total. The van der Waals surface area contributed by atoms with Crippen molar-refractivity contribution in [3.8, 4) is 0 Å². The van der Waals surface area contributed by atoms with Crippen LogP contribution in [-0.2, 0) is 49.2 Å². The molecular weight excluding hydrogens is 289 g/mol. The maximum atomic E-state index is 11.4. The summed E-state index contributed by atoms with van der Waals surface area (Å²) in [4.78, 5) is 3.99. The van der Waals surface area contributed by atoms with E-state index in [1.54, 1.807) is 6.07 Å². The van der Waals surface area contributed by atoms with E-state index in [0.717, 1.165) is 18.4 Å². The number of fused-ring (bicyclic) bond motifs is 1. The van der Waals surface area contributed by atoms with Crippen molar-refractivity contribution in [1.29, 1.82) is 0 Å². The molecule has 0 bridgehead atoms. The number of aryl methyl sites for hydroxylation is 1. The standard InChI is InChI=1S/C9H11N2O2S.Y/c1-14(12,13)11-7-3-5-8-4-2-6-10-9(8)11;/h2,4H,3,5,7H2,1H3;/q-1;. The Hall–Kier alpha value is 0.00390. The van der Waals surface area contributed by atoms with Crippen LogP contribution in [0.5, 0.6) is 0 Å². The molecule has 0 fully saturated rings. The predicted molar refractivity (Wildman–Crippen MR) is 53.6 cm³/mol. The van der Waals surface area contributed by atoms with E-state index in [4.69, 9.17) is 0 Å². The third-order valence-corrected chi connectivity index (χ3v) is 3.42. The van der Waals surface area contributed by atoms with Gasteiger partial charge in [-0.2, -0.15) is 12.1 Å². The van der Waals surface area contributed by atoms with E-state index in [1.807, 2.05) is 6.07 Å². The molecule has 0 saturated heterocycles. The summed E-state index contributed by atoms with van der Waals surface area (Å²) >= 11 is 0. The minimum atomic E-state index is -3.19. The first-order valence-electron chi connectivity index (χ1n) is 4.43. The Balaban J connectivity index is 0.00000112.